The third-order valence-corrected chi connectivity index (χ3v) is 4.60. The maximum absolute atomic E-state index is 12.7. The van der Waals surface area contributed by atoms with Gasteiger partial charge in [-0.2, -0.15) is 0 Å². The molecule has 0 radical (unpaired) electrons. The fraction of sp³-hybridized carbons (Fsp3) is 0.208. The Hall–Kier alpha value is -3.87. The number of ether oxygens (including phenoxy) is 1. The van der Waals surface area contributed by atoms with Crippen LogP contribution in [0.15, 0.2) is 66.9 Å². The van der Waals surface area contributed by atoms with Crippen molar-refractivity contribution < 1.29 is 14.3 Å². The number of nitrogens with zero attached hydrogens (tertiary/aromatic N) is 1. The Bertz CT molecular complexity index is 1050. The lowest BCUT2D eigenvalue weighted by atomic mass is 10.2. The van der Waals surface area contributed by atoms with E-state index in [4.69, 9.17) is 4.74 Å². The number of aryl methyl sites for hydroxylation is 1. The summed E-state index contributed by atoms with van der Waals surface area (Å²) in [5, 5.41) is 8.66. The standard InChI is InChI=1S/C24H26N4O3/c1-16-9-7-8-12-20(16)28-23-21(14-18(15-26-23)24(30)25-3)27-22(29)13-17(2)31-19-10-5-4-6-11-19/h4-12,14-15,17H,13H2,1-3H3,(H,25,30)(H,26,28)(H,27,29). The third-order valence-electron chi connectivity index (χ3n) is 4.60. The second-order valence-corrected chi connectivity index (χ2v) is 7.13. The largest absolute Gasteiger partial charge is 0.490 e. The van der Waals surface area contributed by atoms with Gasteiger partial charge in [0.15, 0.2) is 5.82 Å². The molecule has 160 valence electrons. The maximum Gasteiger partial charge on any atom is 0.252 e. The molecule has 1 aromatic heterocycles. The van der Waals surface area contributed by atoms with Gasteiger partial charge in [-0.25, -0.2) is 4.98 Å². The minimum Gasteiger partial charge on any atom is -0.490 e. The fourth-order valence-corrected chi connectivity index (χ4v) is 3.00. The van der Waals surface area contributed by atoms with Crippen molar-refractivity contribution >= 4 is 29.0 Å². The van der Waals surface area contributed by atoms with Gasteiger partial charge in [-0.05, 0) is 43.7 Å². The van der Waals surface area contributed by atoms with E-state index in [1.807, 2.05) is 68.4 Å². The van der Waals surface area contributed by atoms with Crippen LogP contribution in [0.5, 0.6) is 5.75 Å². The van der Waals surface area contributed by atoms with Crippen molar-refractivity contribution in [2.75, 3.05) is 17.7 Å². The molecular weight excluding hydrogens is 392 g/mol. The minimum atomic E-state index is -0.328. The van der Waals surface area contributed by atoms with Gasteiger partial charge in [-0.1, -0.05) is 36.4 Å². The van der Waals surface area contributed by atoms with Crippen LogP contribution in [0.4, 0.5) is 17.2 Å². The molecule has 3 N–H and O–H groups in total. The van der Waals surface area contributed by atoms with E-state index < -0.39 is 0 Å². The predicted molar refractivity (Wildman–Crippen MR) is 122 cm³/mol. The Kier molecular flexibility index (Phi) is 7.22. The summed E-state index contributed by atoms with van der Waals surface area (Å²) in [7, 11) is 1.54. The molecule has 1 unspecified atom stereocenters. The number of carbonyl (C=O) groups is 2. The van der Waals surface area contributed by atoms with Gasteiger partial charge < -0.3 is 20.7 Å². The highest BCUT2D eigenvalue weighted by Crippen LogP contribution is 2.26. The zero-order valence-electron chi connectivity index (χ0n) is 17.8. The van der Waals surface area contributed by atoms with Crippen LogP contribution in [-0.2, 0) is 4.79 Å². The number of carbonyl (C=O) groups excluding carboxylic acids is 2. The summed E-state index contributed by atoms with van der Waals surface area (Å²) < 4.78 is 5.79. The van der Waals surface area contributed by atoms with Crippen molar-refractivity contribution in [3.8, 4) is 5.75 Å². The summed E-state index contributed by atoms with van der Waals surface area (Å²) >= 11 is 0. The van der Waals surface area contributed by atoms with Crippen LogP contribution in [0.2, 0.25) is 0 Å². The van der Waals surface area contributed by atoms with Crippen molar-refractivity contribution in [2.45, 2.75) is 26.4 Å². The zero-order valence-corrected chi connectivity index (χ0v) is 17.8. The highest BCUT2D eigenvalue weighted by Gasteiger charge is 2.16. The van der Waals surface area contributed by atoms with Crippen molar-refractivity contribution in [1.29, 1.82) is 0 Å². The number of hydrogen-bond donors (Lipinski definition) is 3. The molecule has 0 saturated heterocycles. The van der Waals surface area contributed by atoms with Crippen LogP contribution in [0.1, 0.15) is 29.3 Å². The number of aromatic nitrogens is 1. The number of nitrogens with one attached hydrogen (secondary N) is 3. The van der Waals surface area contributed by atoms with Gasteiger partial charge in [0.1, 0.15) is 11.9 Å². The fourth-order valence-electron chi connectivity index (χ4n) is 3.00. The number of rotatable bonds is 8. The van der Waals surface area contributed by atoms with Crippen molar-refractivity contribution in [3.05, 3.63) is 78.0 Å². The molecule has 1 heterocycles. The molecule has 0 fully saturated rings. The first-order valence-corrected chi connectivity index (χ1v) is 10.0. The first-order chi connectivity index (χ1) is 15.0. The average Bonchev–Trinajstić information content (AvgIpc) is 2.76. The lowest BCUT2D eigenvalue weighted by molar-refractivity contribution is -0.117. The Balaban J connectivity index is 1.77. The van der Waals surface area contributed by atoms with E-state index in [-0.39, 0.29) is 24.3 Å². The van der Waals surface area contributed by atoms with Crippen molar-refractivity contribution in [3.63, 3.8) is 0 Å². The number of anilines is 3. The first kappa shape index (κ1) is 21.8. The summed E-state index contributed by atoms with van der Waals surface area (Å²) in [6.45, 7) is 3.81. The lowest BCUT2D eigenvalue weighted by Crippen LogP contribution is -2.23. The molecule has 7 heteroatoms. The molecule has 2 aromatic carbocycles. The van der Waals surface area contributed by atoms with Crippen LogP contribution >= 0.6 is 0 Å². The van der Waals surface area contributed by atoms with Gasteiger partial charge in [0.25, 0.3) is 5.91 Å². The van der Waals surface area contributed by atoms with Gasteiger partial charge in [0, 0.05) is 18.9 Å². The molecule has 7 nitrogen and oxygen atoms in total. The normalized spacial score (nSPS) is 11.3. The van der Waals surface area contributed by atoms with Gasteiger partial charge >= 0.3 is 0 Å². The topological polar surface area (TPSA) is 92.4 Å². The molecule has 0 bridgehead atoms. The van der Waals surface area contributed by atoms with Crippen LogP contribution in [0.3, 0.4) is 0 Å². The quantitative estimate of drug-likeness (QED) is 0.508. The van der Waals surface area contributed by atoms with Crippen molar-refractivity contribution in [2.24, 2.45) is 0 Å². The van der Waals surface area contributed by atoms with Gasteiger partial charge in [-0.15, -0.1) is 0 Å². The molecule has 3 aromatic rings. The molecule has 0 aliphatic carbocycles. The highest BCUT2D eigenvalue weighted by molar-refractivity contribution is 5.99. The summed E-state index contributed by atoms with van der Waals surface area (Å²) in [5.41, 5.74) is 2.66. The summed E-state index contributed by atoms with van der Waals surface area (Å²) in [5.74, 6) is 0.623. The molecule has 31 heavy (non-hydrogen) atoms. The lowest BCUT2D eigenvalue weighted by Gasteiger charge is -2.17. The Morgan fingerprint density at radius 2 is 1.74 bits per heavy atom. The molecule has 0 aliphatic rings. The third kappa shape index (κ3) is 6.05. The van der Waals surface area contributed by atoms with E-state index >= 15 is 0 Å². The van der Waals surface area contributed by atoms with Crippen LogP contribution in [0, 0.1) is 6.92 Å². The Labute approximate surface area is 181 Å². The second-order valence-electron chi connectivity index (χ2n) is 7.13. The van der Waals surface area contributed by atoms with E-state index in [0.29, 0.717) is 22.8 Å². The zero-order chi connectivity index (χ0) is 22.2. The Morgan fingerprint density at radius 1 is 1.03 bits per heavy atom. The number of amides is 2. The SMILES string of the molecule is CNC(=O)c1cnc(Nc2ccccc2C)c(NC(=O)CC(C)Oc2ccccc2)c1. The van der Waals surface area contributed by atoms with E-state index in [0.717, 1.165) is 11.3 Å². The number of hydrogen-bond acceptors (Lipinski definition) is 5. The number of para-hydroxylation sites is 2. The second kappa shape index (κ2) is 10.2. The molecule has 0 aliphatic heterocycles. The predicted octanol–water partition coefficient (Wildman–Crippen LogP) is 4.29. The van der Waals surface area contributed by atoms with Crippen LogP contribution in [0.25, 0.3) is 0 Å². The Morgan fingerprint density at radius 3 is 2.45 bits per heavy atom. The smallest absolute Gasteiger partial charge is 0.252 e. The van der Waals surface area contributed by atoms with Gasteiger partial charge in [-0.3, -0.25) is 9.59 Å². The molecular formula is C24H26N4O3. The number of benzene rings is 2. The molecule has 1 atom stereocenters. The van der Waals surface area contributed by atoms with E-state index in [2.05, 4.69) is 20.9 Å². The summed E-state index contributed by atoms with van der Waals surface area (Å²) in [6.07, 6.45) is 1.28. The summed E-state index contributed by atoms with van der Waals surface area (Å²) in [4.78, 5) is 29.1. The van der Waals surface area contributed by atoms with E-state index in [1.54, 1.807) is 13.1 Å². The van der Waals surface area contributed by atoms with E-state index in [9.17, 15) is 9.59 Å². The van der Waals surface area contributed by atoms with Crippen LogP contribution in [-0.4, -0.2) is 29.9 Å². The van der Waals surface area contributed by atoms with Crippen LogP contribution < -0.4 is 20.7 Å². The number of pyridine rings is 1. The van der Waals surface area contributed by atoms with E-state index in [1.165, 1.54) is 6.20 Å². The monoisotopic (exact) mass is 418 g/mol. The first-order valence-electron chi connectivity index (χ1n) is 10.0. The molecule has 0 saturated carbocycles. The molecule has 3 rings (SSSR count). The average molecular weight is 418 g/mol. The minimum absolute atomic E-state index is 0.142. The highest BCUT2D eigenvalue weighted by atomic mass is 16.5. The molecule has 0 spiro atoms. The molecule has 2 amide bonds. The van der Waals surface area contributed by atoms with Gasteiger partial charge in [0.2, 0.25) is 5.91 Å². The summed E-state index contributed by atoms with van der Waals surface area (Å²) in [6, 6.07) is 18.7. The maximum atomic E-state index is 12.7. The van der Waals surface area contributed by atoms with Crippen molar-refractivity contribution in [1.82, 2.24) is 10.3 Å². The van der Waals surface area contributed by atoms with Gasteiger partial charge in [0.05, 0.1) is 17.7 Å².